The van der Waals surface area contributed by atoms with Gasteiger partial charge in [-0.15, -0.1) is 0 Å². The third-order valence-electron chi connectivity index (χ3n) is 2.82. The quantitative estimate of drug-likeness (QED) is 0.803. The summed E-state index contributed by atoms with van der Waals surface area (Å²) in [4.78, 5) is 10.9. The van der Waals surface area contributed by atoms with E-state index in [0.29, 0.717) is 13.2 Å². The van der Waals surface area contributed by atoms with Gasteiger partial charge in [0.05, 0.1) is 6.61 Å². The highest BCUT2D eigenvalue weighted by Gasteiger charge is 1.96. The van der Waals surface area contributed by atoms with Crippen LogP contribution in [0.2, 0.25) is 0 Å². The molecule has 4 nitrogen and oxygen atoms in total. The Bertz CT molecular complexity index is 558. The molecule has 0 atom stereocenters. The molecule has 0 aliphatic heterocycles. The van der Waals surface area contributed by atoms with Crippen molar-refractivity contribution in [2.45, 2.75) is 19.5 Å². The molecule has 0 spiro atoms. The van der Waals surface area contributed by atoms with Crippen LogP contribution in [0.5, 0.6) is 5.75 Å². The molecule has 0 bridgehead atoms. The van der Waals surface area contributed by atoms with Crippen molar-refractivity contribution in [3.63, 3.8) is 0 Å². The minimum atomic E-state index is 0.0334. The second-order valence-corrected chi connectivity index (χ2v) is 4.33. The number of pyridine rings is 1. The van der Waals surface area contributed by atoms with Crippen LogP contribution in [0.25, 0.3) is 0 Å². The molecule has 0 fully saturated rings. The van der Waals surface area contributed by atoms with Crippen LogP contribution in [-0.4, -0.2) is 11.2 Å². The Hall–Kier alpha value is -2.07. The molecule has 0 amide bonds. The van der Waals surface area contributed by atoms with Gasteiger partial charge in [0, 0.05) is 37.6 Å². The van der Waals surface area contributed by atoms with Crippen molar-refractivity contribution in [3.8, 4) is 5.75 Å². The van der Waals surface area contributed by atoms with E-state index >= 15 is 0 Å². The molecule has 2 N–H and O–H groups in total. The number of ether oxygens (including phenoxy) is 1. The predicted molar refractivity (Wildman–Crippen MR) is 75.1 cm³/mol. The van der Waals surface area contributed by atoms with Crippen LogP contribution in [0.15, 0.2) is 53.6 Å². The van der Waals surface area contributed by atoms with Crippen molar-refractivity contribution in [3.05, 3.63) is 64.6 Å². The zero-order valence-electron chi connectivity index (χ0n) is 10.8. The van der Waals surface area contributed by atoms with E-state index < -0.39 is 0 Å². The van der Waals surface area contributed by atoms with E-state index in [9.17, 15) is 4.79 Å². The Labute approximate surface area is 112 Å². The zero-order chi connectivity index (χ0) is 13.5. The molecule has 0 aliphatic carbocycles. The summed E-state index contributed by atoms with van der Waals surface area (Å²) < 4.78 is 7.64. The van der Waals surface area contributed by atoms with E-state index in [0.717, 1.165) is 24.3 Å². The minimum absolute atomic E-state index is 0.0334. The van der Waals surface area contributed by atoms with E-state index in [1.54, 1.807) is 24.5 Å². The molecule has 0 aliphatic rings. The summed E-state index contributed by atoms with van der Waals surface area (Å²) in [6.45, 7) is 1.99. The van der Waals surface area contributed by atoms with Crippen molar-refractivity contribution in [1.29, 1.82) is 0 Å². The lowest BCUT2D eigenvalue weighted by Crippen LogP contribution is -2.07. The summed E-state index contributed by atoms with van der Waals surface area (Å²) in [6, 6.07) is 10.9. The van der Waals surface area contributed by atoms with Crippen molar-refractivity contribution in [2.24, 2.45) is 5.73 Å². The van der Waals surface area contributed by atoms with Crippen LogP contribution in [0.4, 0.5) is 0 Å². The molecule has 0 saturated heterocycles. The van der Waals surface area contributed by atoms with Crippen molar-refractivity contribution >= 4 is 0 Å². The highest BCUT2D eigenvalue weighted by molar-refractivity contribution is 5.28. The van der Waals surface area contributed by atoms with E-state index in [2.05, 4.69) is 0 Å². The fraction of sp³-hybridized carbons (Fsp3) is 0.267. The Morgan fingerprint density at radius 1 is 1.16 bits per heavy atom. The van der Waals surface area contributed by atoms with Gasteiger partial charge in [-0.3, -0.25) is 4.79 Å². The molecular formula is C15H18N2O2. The van der Waals surface area contributed by atoms with Gasteiger partial charge in [-0.05, 0) is 24.1 Å². The molecule has 1 heterocycles. The first-order valence-corrected chi connectivity index (χ1v) is 6.36. The monoisotopic (exact) mass is 258 g/mol. The van der Waals surface area contributed by atoms with Crippen molar-refractivity contribution < 1.29 is 4.74 Å². The van der Waals surface area contributed by atoms with Crippen molar-refractivity contribution in [2.75, 3.05) is 6.61 Å². The molecule has 19 heavy (non-hydrogen) atoms. The molecule has 1 aromatic heterocycles. The molecule has 0 radical (unpaired) electrons. The largest absolute Gasteiger partial charge is 0.494 e. The molecule has 100 valence electrons. The van der Waals surface area contributed by atoms with Crippen LogP contribution in [-0.2, 0) is 13.1 Å². The second kappa shape index (κ2) is 6.75. The van der Waals surface area contributed by atoms with Crippen LogP contribution in [0.3, 0.4) is 0 Å². The number of hydrogen-bond acceptors (Lipinski definition) is 3. The van der Waals surface area contributed by atoms with E-state index in [-0.39, 0.29) is 5.43 Å². The fourth-order valence-corrected chi connectivity index (χ4v) is 1.79. The number of aromatic nitrogens is 1. The Morgan fingerprint density at radius 3 is 2.68 bits per heavy atom. The lowest BCUT2D eigenvalue weighted by molar-refractivity contribution is 0.301. The SMILES string of the molecule is NCc1cccc(OCCCn2ccc(=O)cc2)c1. The Kier molecular flexibility index (Phi) is 4.75. The maximum atomic E-state index is 10.9. The number of nitrogens with zero attached hydrogens (tertiary/aromatic N) is 1. The average Bonchev–Trinajstić information content (AvgIpc) is 2.46. The molecule has 0 saturated carbocycles. The maximum Gasteiger partial charge on any atom is 0.181 e. The molecule has 0 unspecified atom stereocenters. The number of aryl methyl sites for hydroxylation is 1. The number of rotatable bonds is 6. The summed E-state index contributed by atoms with van der Waals surface area (Å²) in [5.41, 5.74) is 6.68. The fourth-order valence-electron chi connectivity index (χ4n) is 1.79. The summed E-state index contributed by atoms with van der Waals surface area (Å²) in [6.07, 6.45) is 4.46. The van der Waals surface area contributed by atoms with E-state index in [1.807, 2.05) is 28.8 Å². The summed E-state index contributed by atoms with van der Waals surface area (Å²) in [7, 11) is 0. The first kappa shape index (κ1) is 13.4. The normalized spacial score (nSPS) is 10.4. The van der Waals surface area contributed by atoms with Gasteiger partial charge in [0.25, 0.3) is 0 Å². The Balaban J connectivity index is 1.77. The van der Waals surface area contributed by atoms with Gasteiger partial charge in [0.2, 0.25) is 0 Å². The van der Waals surface area contributed by atoms with Gasteiger partial charge < -0.3 is 15.0 Å². The van der Waals surface area contributed by atoms with Crippen molar-refractivity contribution in [1.82, 2.24) is 4.57 Å². The summed E-state index contributed by atoms with van der Waals surface area (Å²) >= 11 is 0. The summed E-state index contributed by atoms with van der Waals surface area (Å²) in [5, 5.41) is 0. The van der Waals surface area contributed by atoms with E-state index in [4.69, 9.17) is 10.5 Å². The lowest BCUT2D eigenvalue weighted by atomic mass is 10.2. The number of nitrogens with two attached hydrogens (primary N) is 1. The highest BCUT2D eigenvalue weighted by atomic mass is 16.5. The molecule has 1 aromatic carbocycles. The average molecular weight is 258 g/mol. The topological polar surface area (TPSA) is 57.2 Å². The third kappa shape index (κ3) is 4.26. The highest BCUT2D eigenvalue weighted by Crippen LogP contribution is 2.13. The standard InChI is InChI=1S/C15H18N2O2/c16-12-13-3-1-4-15(11-13)19-10-2-7-17-8-5-14(18)6-9-17/h1,3-6,8-9,11H,2,7,10,12,16H2. The third-order valence-corrected chi connectivity index (χ3v) is 2.82. The molecule has 4 heteroatoms. The maximum absolute atomic E-state index is 10.9. The van der Waals surface area contributed by atoms with Crippen LogP contribution in [0, 0.1) is 0 Å². The molecular weight excluding hydrogens is 240 g/mol. The van der Waals surface area contributed by atoms with Crippen LogP contribution >= 0.6 is 0 Å². The second-order valence-electron chi connectivity index (χ2n) is 4.33. The van der Waals surface area contributed by atoms with Crippen LogP contribution in [0.1, 0.15) is 12.0 Å². The van der Waals surface area contributed by atoms with Crippen LogP contribution < -0.4 is 15.9 Å². The number of hydrogen-bond donors (Lipinski definition) is 1. The summed E-state index contributed by atoms with van der Waals surface area (Å²) in [5.74, 6) is 0.850. The Morgan fingerprint density at radius 2 is 1.95 bits per heavy atom. The van der Waals surface area contributed by atoms with Gasteiger partial charge in [0.15, 0.2) is 5.43 Å². The van der Waals surface area contributed by atoms with Gasteiger partial charge in [-0.1, -0.05) is 12.1 Å². The first-order valence-electron chi connectivity index (χ1n) is 6.36. The zero-order valence-corrected chi connectivity index (χ0v) is 10.8. The lowest BCUT2D eigenvalue weighted by Gasteiger charge is -2.08. The predicted octanol–water partition coefficient (Wildman–Crippen LogP) is 1.78. The van der Waals surface area contributed by atoms with Gasteiger partial charge in [0.1, 0.15) is 5.75 Å². The van der Waals surface area contributed by atoms with E-state index in [1.165, 1.54) is 0 Å². The molecule has 2 aromatic rings. The minimum Gasteiger partial charge on any atom is -0.494 e. The number of benzene rings is 1. The van der Waals surface area contributed by atoms with Gasteiger partial charge in [-0.25, -0.2) is 0 Å². The van der Waals surface area contributed by atoms with Gasteiger partial charge >= 0.3 is 0 Å². The molecule has 2 rings (SSSR count). The first-order chi connectivity index (χ1) is 9.28. The van der Waals surface area contributed by atoms with Gasteiger partial charge in [-0.2, -0.15) is 0 Å². The smallest absolute Gasteiger partial charge is 0.181 e.